The van der Waals surface area contributed by atoms with E-state index in [4.69, 9.17) is 9.47 Å². The number of anilines is 2. The van der Waals surface area contributed by atoms with Crippen LogP contribution in [0.25, 0.3) is 11.1 Å². The van der Waals surface area contributed by atoms with Crippen LogP contribution in [0.1, 0.15) is 45.4 Å². The maximum atomic E-state index is 14.8. The second-order valence-electron chi connectivity index (χ2n) is 10.3. The molecule has 0 unspecified atom stereocenters. The van der Waals surface area contributed by atoms with Crippen molar-refractivity contribution in [2.24, 2.45) is 5.41 Å². The zero-order valence-corrected chi connectivity index (χ0v) is 21.7. The Morgan fingerprint density at radius 2 is 1.86 bits per heavy atom. The van der Waals surface area contributed by atoms with Gasteiger partial charge in [0, 0.05) is 50.6 Å². The van der Waals surface area contributed by atoms with E-state index in [-0.39, 0.29) is 11.7 Å². The Kier molecular flexibility index (Phi) is 9.30. The minimum absolute atomic E-state index is 0.248. The standard InChI is InChI=1S/C28H37F2N5O2/c1-19(16-36-2)34-21-4-6-22(7-5-21)35-27-14-23(25(30)15-32-27)20-3-8-24(29)26(13-20)33-18-28(17-31)9-11-37-12-10-28/h3,8,13-15,19,21-22,33-34H,4-7,9-12,16,18H2,1-2H3,(H,32,35)/t19-,21?,22?/m1/s1. The number of nitrogens with zero attached hydrogens (tertiary/aromatic N) is 2. The van der Waals surface area contributed by atoms with Gasteiger partial charge in [-0.05, 0) is 69.2 Å². The third-order valence-corrected chi connectivity index (χ3v) is 7.45. The molecule has 1 saturated carbocycles. The van der Waals surface area contributed by atoms with E-state index < -0.39 is 17.0 Å². The molecule has 1 saturated heterocycles. The zero-order valence-electron chi connectivity index (χ0n) is 21.7. The molecule has 0 spiro atoms. The van der Waals surface area contributed by atoms with Crippen LogP contribution in [0, 0.1) is 28.4 Å². The molecular weight excluding hydrogens is 476 g/mol. The van der Waals surface area contributed by atoms with Crippen molar-refractivity contribution in [1.82, 2.24) is 10.3 Å². The van der Waals surface area contributed by atoms with Gasteiger partial charge in [0.25, 0.3) is 0 Å². The molecule has 9 heteroatoms. The number of hydrogen-bond donors (Lipinski definition) is 3. The van der Waals surface area contributed by atoms with Gasteiger partial charge in [0.05, 0.1) is 30.0 Å². The first-order valence-electron chi connectivity index (χ1n) is 13.1. The molecule has 2 aromatic rings. The van der Waals surface area contributed by atoms with Crippen LogP contribution < -0.4 is 16.0 Å². The second-order valence-corrected chi connectivity index (χ2v) is 10.3. The van der Waals surface area contributed by atoms with E-state index in [2.05, 4.69) is 33.9 Å². The fourth-order valence-corrected chi connectivity index (χ4v) is 5.24. The quantitative estimate of drug-likeness (QED) is 0.407. The fourth-order valence-electron chi connectivity index (χ4n) is 5.24. The van der Waals surface area contributed by atoms with Gasteiger partial charge in [-0.3, -0.25) is 0 Å². The molecule has 1 aromatic carbocycles. The summed E-state index contributed by atoms with van der Waals surface area (Å²) in [5.74, 6) is -0.312. The van der Waals surface area contributed by atoms with Crippen molar-refractivity contribution >= 4 is 11.5 Å². The summed E-state index contributed by atoms with van der Waals surface area (Å²) in [5, 5.41) is 19.8. The molecule has 0 radical (unpaired) electrons. The number of pyridine rings is 1. The van der Waals surface area contributed by atoms with E-state index in [0.717, 1.165) is 25.7 Å². The average molecular weight is 514 g/mol. The number of nitriles is 1. The number of ether oxygens (including phenoxy) is 2. The fraction of sp³-hybridized carbons (Fsp3) is 0.571. The molecule has 1 aromatic heterocycles. The van der Waals surface area contributed by atoms with Crippen LogP contribution in [0.2, 0.25) is 0 Å². The van der Waals surface area contributed by atoms with Gasteiger partial charge in [0.2, 0.25) is 0 Å². The molecule has 7 nitrogen and oxygen atoms in total. The molecule has 2 heterocycles. The Morgan fingerprint density at radius 3 is 2.57 bits per heavy atom. The SMILES string of the molecule is COC[C@@H](C)NC1CCC(Nc2cc(-c3ccc(F)c(NCC4(C#N)CCOCC4)c3)c(F)cn2)CC1. The van der Waals surface area contributed by atoms with Gasteiger partial charge in [-0.15, -0.1) is 0 Å². The van der Waals surface area contributed by atoms with Gasteiger partial charge in [-0.2, -0.15) is 5.26 Å². The van der Waals surface area contributed by atoms with Gasteiger partial charge in [-0.1, -0.05) is 6.07 Å². The maximum absolute atomic E-state index is 14.8. The molecule has 1 aliphatic heterocycles. The highest BCUT2D eigenvalue weighted by atomic mass is 19.1. The zero-order chi connectivity index (χ0) is 26.3. The maximum Gasteiger partial charge on any atom is 0.149 e. The number of rotatable bonds is 10. The Morgan fingerprint density at radius 1 is 1.14 bits per heavy atom. The third-order valence-electron chi connectivity index (χ3n) is 7.45. The second kappa shape index (κ2) is 12.6. The Hall–Kier alpha value is -2.80. The lowest BCUT2D eigenvalue weighted by molar-refractivity contribution is 0.0456. The van der Waals surface area contributed by atoms with Crippen LogP contribution >= 0.6 is 0 Å². The molecule has 0 bridgehead atoms. The predicted molar refractivity (Wildman–Crippen MR) is 140 cm³/mol. The van der Waals surface area contributed by atoms with Crippen LogP contribution in [0.5, 0.6) is 0 Å². The molecule has 2 aliphatic rings. The smallest absolute Gasteiger partial charge is 0.149 e. The average Bonchev–Trinajstić information content (AvgIpc) is 2.91. The minimum atomic E-state index is -0.601. The number of aromatic nitrogens is 1. The first-order chi connectivity index (χ1) is 17.9. The van der Waals surface area contributed by atoms with Crippen molar-refractivity contribution < 1.29 is 18.3 Å². The van der Waals surface area contributed by atoms with E-state index in [1.165, 1.54) is 12.3 Å². The summed E-state index contributed by atoms with van der Waals surface area (Å²) < 4.78 is 40.0. The van der Waals surface area contributed by atoms with Gasteiger partial charge in [0.15, 0.2) is 0 Å². The van der Waals surface area contributed by atoms with Crippen molar-refractivity contribution in [3.05, 3.63) is 42.1 Å². The molecule has 37 heavy (non-hydrogen) atoms. The van der Waals surface area contributed by atoms with Crippen molar-refractivity contribution in [3.63, 3.8) is 0 Å². The summed E-state index contributed by atoms with van der Waals surface area (Å²) in [7, 11) is 1.71. The highest BCUT2D eigenvalue weighted by Crippen LogP contribution is 2.33. The number of halogens is 2. The van der Waals surface area contributed by atoms with E-state index in [0.29, 0.717) is 68.2 Å². The first-order valence-corrected chi connectivity index (χ1v) is 13.1. The van der Waals surface area contributed by atoms with Gasteiger partial charge in [-0.25, -0.2) is 13.8 Å². The van der Waals surface area contributed by atoms with Gasteiger partial charge < -0.3 is 25.4 Å². The van der Waals surface area contributed by atoms with Crippen LogP contribution in [0.4, 0.5) is 20.3 Å². The summed E-state index contributed by atoms with van der Waals surface area (Å²) in [5.41, 5.74) is 0.545. The largest absolute Gasteiger partial charge is 0.383 e. The van der Waals surface area contributed by atoms with E-state index in [9.17, 15) is 14.0 Å². The number of hydrogen-bond acceptors (Lipinski definition) is 7. The number of methoxy groups -OCH3 is 1. The molecule has 2 fully saturated rings. The molecular formula is C28H37F2N5O2. The lowest BCUT2D eigenvalue weighted by Crippen LogP contribution is -2.42. The lowest BCUT2D eigenvalue weighted by atomic mass is 9.81. The van der Waals surface area contributed by atoms with E-state index in [1.54, 1.807) is 25.3 Å². The Labute approximate surface area is 218 Å². The summed E-state index contributed by atoms with van der Waals surface area (Å²) in [4.78, 5) is 4.25. The highest BCUT2D eigenvalue weighted by molar-refractivity contribution is 5.71. The summed E-state index contributed by atoms with van der Waals surface area (Å²) in [6, 6.07) is 9.59. The van der Waals surface area contributed by atoms with Crippen LogP contribution in [0.3, 0.4) is 0 Å². The first kappa shape index (κ1) is 27.2. The van der Waals surface area contributed by atoms with Crippen molar-refractivity contribution in [3.8, 4) is 17.2 Å². The van der Waals surface area contributed by atoms with E-state index in [1.807, 2.05) is 0 Å². The molecule has 200 valence electrons. The van der Waals surface area contributed by atoms with Crippen molar-refractivity contribution in [1.29, 1.82) is 5.26 Å². The highest BCUT2D eigenvalue weighted by Gasteiger charge is 2.32. The third kappa shape index (κ3) is 7.16. The van der Waals surface area contributed by atoms with Gasteiger partial charge in [0.1, 0.15) is 17.5 Å². The Bertz CT molecular complexity index is 1080. The monoisotopic (exact) mass is 513 g/mol. The summed E-state index contributed by atoms with van der Waals surface area (Å²) >= 11 is 0. The molecule has 3 N–H and O–H groups in total. The lowest BCUT2D eigenvalue weighted by Gasteiger charge is -2.32. The Balaban J connectivity index is 1.41. The van der Waals surface area contributed by atoms with E-state index >= 15 is 0 Å². The predicted octanol–water partition coefficient (Wildman–Crippen LogP) is 5.11. The summed E-state index contributed by atoms with van der Waals surface area (Å²) in [6.45, 7) is 4.15. The normalized spacial score (nSPS) is 22.1. The van der Waals surface area contributed by atoms with Crippen LogP contribution in [-0.2, 0) is 9.47 Å². The molecule has 1 aliphatic carbocycles. The molecule has 1 atom stereocenters. The minimum Gasteiger partial charge on any atom is -0.383 e. The van der Waals surface area contributed by atoms with Crippen LogP contribution in [-0.4, -0.2) is 56.6 Å². The number of benzene rings is 1. The topological polar surface area (TPSA) is 91.2 Å². The molecule has 4 rings (SSSR count). The van der Waals surface area contributed by atoms with Crippen molar-refractivity contribution in [2.75, 3.05) is 44.1 Å². The van der Waals surface area contributed by atoms with Crippen LogP contribution in [0.15, 0.2) is 30.5 Å². The molecule has 0 amide bonds. The van der Waals surface area contributed by atoms with Gasteiger partial charge >= 0.3 is 0 Å². The van der Waals surface area contributed by atoms with Crippen molar-refractivity contribution in [2.45, 2.75) is 63.6 Å². The summed E-state index contributed by atoms with van der Waals surface area (Å²) in [6.07, 6.45) is 6.46. The number of nitrogens with one attached hydrogen (secondary N) is 3.